The van der Waals surface area contributed by atoms with Crippen molar-refractivity contribution in [3.63, 3.8) is 0 Å². The number of hydrogen-bond donors (Lipinski definition) is 0. The number of ether oxygens (including phenoxy) is 1. The maximum Gasteiger partial charge on any atom is 0.144 e. The summed E-state index contributed by atoms with van der Waals surface area (Å²) >= 11 is 12.0. The summed E-state index contributed by atoms with van der Waals surface area (Å²) in [4.78, 5) is 4.47. The first-order chi connectivity index (χ1) is 9.43. The topological polar surface area (TPSA) is 27.1 Å². The molecule has 0 bridgehead atoms. The van der Waals surface area contributed by atoms with Gasteiger partial charge in [-0.15, -0.1) is 11.6 Å². The molecule has 3 nitrogen and oxygen atoms in total. The molecular formula is C14H17Cl2FN2O. The van der Waals surface area contributed by atoms with Crippen molar-refractivity contribution in [3.05, 3.63) is 28.8 Å². The van der Waals surface area contributed by atoms with Crippen LogP contribution in [0.15, 0.2) is 12.1 Å². The van der Waals surface area contributed by atoms with E-state index < -0.39 is 5.82 Å². The molecule has 0 saturated heterocycles. The molecule has 110 valence electrons. The predicted molar refractivity (Wildman–Crippen MR) is 80.0 cm³/mol. The highest BCUT2D eigenvalue weighted by Gasteiger charge is 2.18. The number of rotatable bonds is 5. The van der Waals surface area contributed by atoms with E-state index >= 15 is 0 Å². The fourth-order valence-corrected chi connectivity index (χ4v) is 2.61. The molecule has 6 heteroatoms. The van der Waals surface area contributed by atoms with Crippen LogP contribution in [0.25, 0.3) is 11.0 Å². The standard InChI is InChI=1S/C14H17Cl2FN2O/c1-8(7-20-3)6-19-13-5-11(17)10(16)4-12(13)18-14(19)9(2)15/h4-5,8-9H,6-7H2,1-3H3. The van der Waals surface area contributed by atoms with E-state index in [4.69, 9.17) is 27.9 Å². The van der Waals surface area contributed by atoms with Crippen LogP contribution in [0.2, 0.25) is 5.02 Å². The van der Waals surface area contributed by atoms with E-state index in [1.807, 2.05) is 11.5 Å². The molecule has 0 aliphatic rings. The first kappa shape index (κ1) is 15.5. The molecule has 2 rings (SSSR count). The summed E-state index contributed by atoms with van der Waals surface area (Å²) in [6.07, 6.45) is 0. The number of aromatic nitrogens is 2. The molecule has 2 aromatic rings. The van der Waals surface area contributed by atoms with E-state index in [2.05, 4.69) is 11.9 Å². The van der Waals surface area contributed by atoms with Gasteiger partial charge < -0.3 is 9.30 Å². The Morgan fingerprint density at radius 1 is 1.40 bits per heavy atom. The van der Waals surface area contributed by atoms with Gasteiger partial charge in [0.1, 0.15) is 11.6 Å². The number of benzene rings is 1. The number of nitrogens with zero attached hydrogens (tertiary/aromatic N) is 2. The predicted octanol–water partition coefficient (Wildman–Crippen LogP) is 4.41. The van der Waals surface area contributed by atoms with Crippen LogP contribution in [0.4, 0.5) is 4.39 Å². The summed E-state index contributed by atoms with van der Waals surface area (Å²) in [7, 11) is 1.66. The molecule has 0 spiro atoms. The van der Waals surface area contributed by atoms with Crippen LogP contribution in [-0.4, -0.2) is 23.3 Å². The molecular weight excluding hydrogens is 302 g/mol. The highest BCUT2D eigenvalue weighted by Crippen LogP contribution is 2.28. The zero-order valence-corrected chi connectivity index (χ0v) is 13.2. The van der Waals surface area contributed by atoms with Crippen molar-refractivity contribution in [2.24, 2.45) is 5.92 Å². The lowest BCUT2D eigenvalue weighted by molar-refractivity contribution is 0.151. The molecule has 0 saturated carbocycles. The molecule has 0 radical (unpaired) electrons. The highest BCUT2D eigenvalue weighted by molar-refractivity contribution is 6.31. The number of hydrogen-bond acceptors (Lipinski definition) is 2. The monoisotopic (exact) mass is 318 g/mol. The second-order valence-electron chi connectivity index (χ2n) is 5.01. The van der Waals surface area contributed by atoms with Gasteiger partial charge in [-0.25, -0.2) is 9.37 Å². The maximum absolute atomic E-state index is 13.7. The van der Waals surface area contributed by atoms with Crippen LogP contribution in [0, 0.1) is 11.7 Å². The van der Waals surface area contributed by atoms with Crippen molar-refractivity contribution in [2.45, 2.75) is 25.8 Å². The van der Waals surface area contributed by atoms with Gasteiger partial charge >= 0.3 is 0 Å². The lowest BCUT2D eigenvalue weighted by atomic mass is 10.2. The summed E-state index contributed by atoms with van der Waals surface area (Å²) in [5.74, 6) is 0.532. The van der Waals surface area contributed by atoms with Crippen LogP contribution in [0.5, 0.6) is 0 Å². The zero-order valence-electron chi connectivity index (χ0n) is 11.7. The average molecular weight is 319 g/mol. The van der Waals surface area contributed by atoms with Crippen LogP contribution in [0.1, 0.15) is 25.0 Å². The quantitative estimate of drug-likeness (QED) is 0.763. The van der Waals surface area contributed by atoms with Gasteiger partial charge in [0, 0.05) is 19.7 Å². The van der Waals surface area contributed by atoms with E-state index in [1.54, 1.807) is 7.11 Å². The molecule has 20 heavy (non-hydrogen) atoms. The van der Waals surface area contributed by atoms with Gasteiger partial charge in [-0.05, 0) is 18.9 Å². The Bertz CT molecular complexity index is 613. The van der Waals surface area contributed by atoms with E-state index in [0.717, 1.165) is 0 Å². The average Bonchev–Trinajstić information content (AvgIpc) is 2.69. The number of fused-ring (bicyclic) bond motifs is 1. The summed E-state index contributed by atoms with van der Waals surface area (Å²) in [6.45, 7) is 5.19. The highest BCUT2D eigenvalue weighted by atomic mass is 35.5. The third-order valence-electron chi connectivity index (χ3n) is 3.12. The molecule has 0 N–H and O–H groups in total. The van der Waals surface area contributed by atoms with Crippen LogP contribution >= 0.6 is 23.2 Å². The van der Waals surface area contributed by atoms with Crippen molar-refractivity contribution in [1.29, 1.82) is 0 Å². The molecule has 1 aromatic carbocycles. The van der Waals surface area contributed by atoms with Crippen molar-refractivity contribution in [1.82, 2.24) is 9.55 Å². The van der Waals surface area contributed by atoms with E-state index in [0.29, 0.717) is 30.0 Å². The van der Waals surface area contributed by atoms with Gasteiger partial charge in [0.2, 0.25) is 0 Å². The third kappa shape index (κ3) is 3.08. The van der Waals surface area contributed by atoms with Gasteiger partial charge in [-0.1, -0.05) is 18.5 Å². The Morgan fingerprint density at radius 2 is 2.10 bits per heavy atom. The van der Waals surface area contributed by atoms with Gasteiger partial charge in [0.05, 0.1) is 28.0 Å². The molecule has 0 aliphatic heterocycles. The second-order valence-corrected chi connectivity index (χ2v) is 6.07. The van der Waals surface area contributed by atoms with Crippen molar-refractivity contribution in [2.75, 3.05) is 13.7 Å². The van der Waals surface area contributed by atoms with E-state index in [9.17, 15) is 4.39 Å². The number of imidazole rings is 1. The van der Waals surface area contributed by atoms with Crippen molar-refractivity contribution in [3.8, 4) is 0 Å². The van der Waals surface area contributed by atoms with Crippen molar-refractivity contribution < 1.29 is 9.13 Å². The SMILES string of the molecule is COCC(C)Cn1c(C(C)Cl)nc2cc(Cl)c(F)cc21. The fraction of sp³-hybridized carbons (Fsp3) is 0.500. The molecule has 0 fully saturated rings. The fourth-order valence-electron chi connectivity index (χ4n) is 2.28. The van der Waals surface area contributed by atoms with Gasteiger partial charge in [-0.3, -0.25) is 0 Å². The Balaban J connectivity index is 2.53. The van der Waals surface area contributed by atoms with Gasteiger partial charge in [0.15, 0.2) is 0 Å². The minimum Gasteiger partial charge on any atom is -0.384 e. The summed E-state index contributed by atoms with van der Waals surface area (Å²) in [5.41, 5.74) is 1.36. The van der Waals surface area contributed by atoms with Gasteiger partial charge in [0.25, 0.3) is 0 Å². The molecule has 1 aromatic heterocycles. The molecule has 2 atom stereocenters. The number of methoxy groups -OCH3 is 1. The summed E-state index contributed by atoms with van der Waals surface area (Å²) < 4.78 is 20.8. The summed E-state index contributed by atoms with van der Waals surface area (Å²) in [6, 6.07) is 2.94. The first-order valence-electron chi connectivity index (χ1n) is 6.42. The van der Waals surface area contributed by atoms with Crippen LogP contribution in [-0.2, 0) is 11.3 Å². The molecule has 0 amide bonds. The summed E-state index contributed by atoms with van der Waals surface area (Å²) in [5, 5.41) is -0.195. The Morgan fingerprint density at radius 3 is 2.70 bits per heavy atom. The van der Waals surface area contributed by atoms with E-state index in [1.165, 1.54) is 12.1 Å². The van der Waals surface area contributed by atoms with Crippen molar-refractivity contribution >= 4 is 34.2 Å². The Labute approximate surface area is 127 Å². The Hall–Kier alpha value is -0.840. The third-order valence-corrected chi connectivity index (χ3v) is 3.61. The molecule has 0 aliphatic carbocycles. The zero-order chi connectivity index (χ0) is 14.9. The maximum atomic E-state index is 13.7. The Kier molecular flexibility index (Phi) is 4.89. The minimum absolute atomic E-state index is 0.0702. The van der Waals surface area contributed by atoms with Gasteiger partial charge in [-0.2, -0.15) is 0 Å². The lowest BCUT2D eigenvalue weighted by Crippen LogP contribution is -2.15. The largest absolute Gasteiger partial charge is 0.384 e. The molecule has 1 heterocycles. The normalized spacial score (nSPS) is 14.7. The number of alkyl halides is 1. The lowest BCUT2D eigenvalue weighted by Gasteiger charge is -2.15. The molecule has 2 unspecified atom stereocenters. The number of halogens is 3. The van der Waals surface area contributed by atoms with E-state index in [-0.39, 0.29) is 16.3 Å². The second kappa shape index (κ2) is 6.29. The minimum atomic E-state index is -0.450. The van der Waals surface area contributed by atoms with Crippen LogP contribution in [0.3, 0.4) is 0 Å². The first-order valence-corrected chi connectivity index (χ1v) is 7.23. The smallest absolute Gasteiger partial charge is 0.144 e. The van der Waals surface area contributed by atoms with Crippen LogP contribution < -0.4 is 0 Å².